The van der Waals surface area contributed by atoms with E-state index in [1.54, 1.807) is 4.31 Å². The summed E-state index contributed by atoms with van der Waals surface area (Å²) in [7, 11) is -3.01. The summed E-state index contributed by atoms with van der Waals surface area (Å²) in [6.45, 7) is 4.75. The number of sulfonamides is 1. The monoisotopic (exact) mass is 354 g/mol. The maximum absolute atomic E-state index is 11.7. The van der Waals surface area contributed by atoms with Crippen molar-refractivity contribution < 1.29 is 8.42 Å². The average molecular weight is 355 g/mol. The van der Waals surface area contributed by atoms with E-state index in [1.165, 1.54) is 51.2 Å². The molecule has 0 aromatic carbocycles. The van der Waals surface area contributed by atoms with E-state index in [2.05, 4.69) is 12.2 Å². The molecule has 1 N–H and O–H groups in total. The Labute approximate surface area is 147 Å². The lowest BCUT2D eigenvalue weighted by molar-refractivity contribution is -0.0748. The summed E-state index contributed by atoms with van der Waals surface area (Å²) in [6, 6.07) is 0.637. The molecule has 0 amide bonds. The van der Waals surface area contributed by atoms with Crippen LogP contribution >= 0.6 is 0 Å². The van der Waals surface area contributed by atoms with Crippen LogP contribution in [0.15, 0.2) is 0 Å². The molecule has 2 unspecified atom stereocenters. The Balaban J connectivity index is 1.37. The number of nitrogens with zero attached hydrogens (tertiary/aromatic N) is 1. The molecule has 4 nitrogen and oxygen atoms in total. The summed E-state index contributed by atoms with van der Waals surface area (Å²) < 4.78 is 25.1. The van der Waals surface area contributed by atoms with Crippen LogP contribution in [0.3, 0.4) is 0 Å². The van der Waals surface area contributed by atoms with Crippen LogP contribution in [-0.4, -0.2) is 44.7 Å². The second-order valence-electron chi connectivity index (χ2n) is 9.42. The molecule has 24 heavy (non-hydrogen) atoms. The normalized spacial score (nSPS) is 43.4. The van der Waals surface area contributed by atoms with Gasteiger partial charge >= 0.3 is 0 Å². The largest absolute Gasteiger partial charge is 0.313 e. The van der Waals surface area contributed by atoms with Crippen LogP contribution in [0.2, 0.25) is 0 Å². The van der Waals surface area contributed by atoms with Gasteiger partial charge in [-0.1, -0.05) is 6.92 Å². The molecule has 4 saturated carbocycles. The lowest BCUT2D eigenvalue weighted by atomic mass is 9.47. The Morgan fingerprint density at radius 3 is 2.17 bits per heavy atom. The van der Waals surface area contributed by atoms with Crippen molar-refractivity contribution in [3.05, 3.63) is 0 Å². The van der Waals surface area contributed by atoms with Crippen LogP contribution in [0.5, 0.6) is 0 Å². The lowest BCUT2D eigenvalue weighted by Gasteiger charge is -2.59. The molecule has 0 aromatic rings. The summed E-state index contributed by atoms with van der Waals surface area (Å²) in [5.41, 5.74) is 0.554. The Kier molecular flexibility index (Phi) is 4.50. The van der Waals surface area contributed by atoms with Gasteiger partial charge in [-0.15, -0.1) is 0 Å². The Morgan fingerprint density at radius 1 is 1.12 bits per heavy atom. The summed E-state index contributed by atoms with van der Waals surface area (Å²) >= 11 is 0. The fraction of sp³-hybridized carbons (Fsp3) is 1.00. The van der Waals surface area contributed by atoms with Crippen molar-refractivity contribution in [1.82, 2.24) is 9.62 Å². The van der Waals surface area contributed by atoms with E-state index in [0.29, 0.717) is 30.5 Å². The summed E-state index contributed by atoms with van der Waals surface area (Å²) in [5, 5.41) is 3.92. The van der Waals surface area contributed by atoms with E-state index in [1.807, 2.05) is 0 Å². The molecule has 5 fully saturated rings. The zero-order chi connectivity index (χ0) is 16.9. The first-order chi connectivity index (χ1) is 11.4. The Morgan fingerprint density at radius 2 is 1.71 bits per heavy atom. The van der Waals surface area contributed by atoms with Gasteiger partial charge in [0.1, 0.15) is 0 Å². The third-order valence-corrected chi connectivity index (χ3v) is 8.87. The first-order valence-electron chi connectivity index (χ1n) is 10.1. The molecule has 0 spiro atoms. The molecule has 4 bridgehead atoms. The minimum Gasteiger partial charge on any atom is -0.313 e. The average Bonchev–Trinajstić information content (AvgIpc) is 2.95. The molecule has 1 heterocycles. The SMILES string of the molecule is CCC(NCC1CCN(S(C)(=O)=O)C1)C12CC3CC(CC(C3)C1)C2. The third kappa shape index (κ3) is 3.16. The number of hydrogen-bond donors (Lipinski definition) is 1. The zero-order valence-corrected chi connectivity index (χ0v) is 16.2. The van der Waals surface area contributed by atoms with Gasteiger partial charge in [-0.25, -0.2) is 12.7 Å². The summed E-state index contributed by atoms with van der Waals surface area (Å²) in [4.78, 5) is 0. The molecule has 5 heteroatoms. The maximum atomic E-state index is 11.7. The van der Waals surface area contributed by atoms with Crippen molar-refractivity contribution in [3.8, 4) is 0 Å². The predicted molar refractivity (Wildman–Crippen MR) is 97.2 cm³/mol. The Hall–Kier alpha value is -0.130. The predicted octanol–water partition coefficient (Wildman–Crippen LogP) is 2.85. The van der Waals surface area contributed by atoms with E-state index >= 15 is 0 Å². The highest BCUT2D eigenvalue weighted by Gasteiger charge is 2.53. The summed E-state index contributed by atoms with van der Waals surface area (Å²) in [6.07, 6.45) is 12.4. The molecule has 0 radical (unpaired) electrons. The van der Waals surface area contributed by atoms with Gasteiger partial charge in [-0.2, -0.15) is 0 Å². The highest BCUT2D eigenvalue weighted by Crippen LogP contribution is 2.61. The van der Waals surface area contributed by atoms with Crippen molar-refractivity contribution in [2.24, 2.45) is 29.1 Å². The minimum absolute atomic E-state index is 0.489. The molecule has 1 saturated heterocycles. The molecular weight excluding hydrogens is 320 g/mol. The molecule has 5 aliphatic rings. The summed E-state index contributed by atoms with van der Waals surface area (Å²) in [5.74, 6) is 3.49. The van der Waals surface area contributed by atoms with Crippen LogP contribution in [0.25, 0.3) is 0 Å². The zero-order valence-electron chi connectivity index (χ0n) is 15.3. The highest BCUT2D eigenvalue weighted by atomic mass is 32.2. The van der Waals surface area contributed by atoms with E-state index < -0.39 is 10.0 Å². The number of nitrogens with one attached hydrogen (secondary N) is 1. The van der Waals surface area contributed by atoms with Gasteiger partial charge in [0.05, 0.1) is 6.26 Å². The fourth-order valence-corrected chi connectivity index (χ4v) is 7.89. The standard InChI is InChI=1S/C19H34N2O2S/c1-3-18(20-12-14-4-5-21(13-14)24(2,22)23)19-9-15-6-16(10-19)8-17(7-15)11-19/h14-18,20H,3-13H2,1-2H3. The van der Waals surface area contributed by atoms with Gasteiger partial charge < -0.3 is 5.32 Å². The first kappa shape index (κ1) is 17.3. The van der Waals surface area contributed by atoms with Gasteiger partial charge in [0, 0.05) is 19.1 Å². The quantitative estimate of drug-likeness (QED) is 0.798. The van der Waals surface area contributed by atoms with Crippen LogP contribution in [0.4, 0.5) is 0 Å². The number of rotatable bonds is 6. The molecule has 1 aliphatic heterocycles. The minimum atomic E-state index is -3.01. The van der Waals surface area contributed by atoms with Crippen LogP contribution in [0.1, 0.15) is 58.3 Å². The Bertz CT molecular complexity index is 539. The molecular formula is C19H34N2O2S. The van der Waals surface area contributed by atoms with Crippen LogP contribution in [-0.2, 0) is 10.0 Å². The highest BCUT2D eigenvalue weighted by molar-refractivity contribution is 7.88. The molecule has 138 valence electrons. The van der Waals surface area contributed by atoms with Gasteiger partial charge in [0.15, 0.2) is 0 Å². The molecule has 0 aromatic heterocycles. The van der Waals surface area contributed by atoms with Crippen molar-refractivity contribution in [2.45, 2.75) is 64.3 Å². The van der Waals surface area contributed by atoms with Gasteiger partial charge in [-0.3, -0.25) is 0 Å². The van der Waals surface area contributed by atoms with E-state index in [4.69, 9.17) is 0 Å². The van der Waals surface area contributed by atoms with Gasteiger partial charge in [0.2, 0.25) is 10.0 Å². The van der Waals surface area contributed by atoms with Gasteiger partial charge in [-0.05, 0) is 87.0 Å². The van der Waals surface area contributed by atoms with Crippen molar-refractivity contribution >= 4 is 10.0 Å². The van der Waals surface area contributed by atoms with E-state index in [9.17, 15) is 8.42 Å². The van der Waals surface area contributed by atoms with E-state index in [-0.39, 0.29) is 0 Å². The second kappa shape index (κ2) is 6.24. The lowest BCUT2D eigenvalue weighted by Crippen LogP contribution is -2.56. The second-order valence-corrected chi connectivity index (χ2v) is 11.4. The van der Waals surface area contributed by atoms with Crippen molar-refractivity contribution in [1.29, 1.82) is 0 Å². The van der Waals surface area contributed by atoms with Crippen molar-refractivity contribution in [3.63, 3.8) is 0 Å². The number of hydrogen-bond acceptors (Lipinski definition) is 3. The first-order valence-corrected chi connectivity index (χ1v) is 11.9. The van der Waals surface area contributed by atoms with Crippen molar-refractivity contribution in [2.75, 3.05) is 25.9 Å². The van der Waals surface area contributed by atoms with Gasteiger partial charge in [0.25, 0.3) is 0 Å². The topological polar surface area (TPSA) is 49.4 Å². The molecule has 4 aliphatic carbocycles. The molecule has 5 rings (SSSR count). The fourth-order valence-electron chi connectivity index (χ4n) is 6.97. The van der Waals surface area contributed by atoms with Crippen LogP contribution < -0.4 is 5.32 Å². The smallest absolute Gasteiger partial charge is 0.211 e. The van der Waals surface area contributed by atoms with E-state index in [0.717, 1.165) is 30.7 Å². The van der Waals surface area contributed by atoms with Crippen LogP contribution in [0, 0.1) is 29.1 Å². The maximum Gasteiger partial charge on any atom is 0.211 e. The third-order valence-electron chi connectivity index (χ3n) is 7.60. The molecule has 2 atom stereocenters.